The maximum atomic E-state index is 13.3. The summed E-state index contributed by atoms with van der Waals surface area (Å²) >= 11 is 5.15. The molecule has 1 aliphatic rings. The second-order valence-electron chi connectivity index (χ2n) is 6.63. The van der Waals surface area contributed by atoms with Crippen molar-refractivity contribution in [1.82, 2.24) is 5.32 Å². The number of ether oxygens (including phenoxy) is 2. The van der Waals surface area contributed by atoms with Gasteiger partial charge in [0.05, 0.1) is 12.8 Å². The molecule has 0 radical (unpaired) electrons. The molecule has 1 fully saturated rings. The number of rotatable bonds is 7. The van der Waals surface area contributed by atoms with Crippen LogP contribution >= 0.6 is 12.2 Å². The van der Waals surface area contributed by atoms with Crippen molar-refractivity contribution in [3.63, 3.8) is 0 Å². The zero-order valence-electron chi connectivity index (χ0n) is 17.2. The number of anilines is 1. The molecule has 6 nitrogen and oxygen atoms in total. The number of halogens is 1. The van der Waals surface area contributed by atoms with E-state index in [4.69, 9.17) is 28.1 Å². The maximum Gasteiger partial charge on any atom is 0.270 e. The molecule has 0 atom stereocenters. The van der Waals surface area contributed by atoms with Crippen LogP contribution in [0.15, 0.2) is 54.6 Å². The van der Waals surface area contributed by atoms with E-state index in [9.17, 15) is 14.0 Å². The van der Waals surface area contributed by atoms with Gasteiger partial charge in [-0.05, 0) is 66.7 Å². The van der Waals surface area contributed by atoms with Gasteiger partial charge in [-0.25, -0.2) is 4.39 Å². The van der Waals surface area contributed by atoms with Crippen LogP contribution in [0.5, 0.6) is 11.5 Å². The molecule has 162 valence electrons. The standard InChI is InChI=1S/C24H19FN2O4S/c1-4-6-16-12-15(14-20(30-3)21(16)31-11-5-2)13-19-22(28)26-24(32)27(23(19)29)18-9-7-17(25)8-10-18/h2,4,7-10,12-14H,1,6,11H2,3H3,(H,26,28,32)/b19-13+. The van der Waals surface area contributed by atoms with Gasteiger partial charge in [0.25, 0.3) is 11.8 Å². The number of amides is 2. The van der Waals surface area contributed by atoms with Gasteiger partial charge >= 0.3 is 0 Å². The lowest BCUT2D eigenvalue weighted by atomic mass is 10.0. The van der Waals surface area contributed by atoms with E-state index in [1.54, 1.807) is 18.2 Å². The highest BCUT2D eigenvalue weighted by Crippen LogP contribution is 2.34. The second-order valence-corrected chi connectivity index (χ2v) is 7.02. The zero-order chi connectivity index (χ0) is 23.3. The number of carbonyl (C=O) groups is 2. The Bertz CT molecular complexity index is 1170. The maximum absolute atomic E-state index is 13.3. The summed E-state index contributed by atoms with van der Waals surface area (Å²) in [6, 6.07) is 8.58. The average Bonchev–Trinajstić information content (AvgIpc) is 2.77. The number of methoxy groups -OCH3 is 1. The first-order valence-electron chi connectivity index (χ1n) is 9.44. The summed E-state index contributed by atoms with van der Waals surface area (Å²) in [4.78, 5) is 26.8. The number of terminal acetylenes is 1. The Morgan fingerprint density at radius 2 is 2.00 bits per heavy atom. The third-order valence-electron chi connectivity index (χ3n) is 4.54. The van der Waals surface area contributed by atoms with Crippen LogP contribution in [0.3, 0.4) is 0 Å². The van der Waals surface area contributed by atoms with Crippen LogP contribution in [-0.4, -0.2) is 30.6 Å². The van der Waals surface area contributed by atoms with Crippen LogP contribution in [0.25, 0.3) is 6.08 Å². The summed E-state index contributed by atoms with van der Waals surface area (Å²) in [5, 5.41) is 2.40. The van der Waals surface area contributed by atoms with E-state index in [1.807, 2.05) is 0 Å². The van der Waals surface area contributed by atoms with Gasteiger partial charge in [-0.1, -0.05) is 12.0 Å². The molecule has 3 rings (SSSR count). The molecule has 8 heteroatoms. The van der Waals surface area contributed by atoms with Gasteiger partial charge in [-0.15, -0.1) is 13.0 Å². The molecule has 0 aromatic heterocycles. The van der Waals surface area contributed by atoms with E-state index in [-0.39, 0.29) is 17.3 Å². The molecule has 1 saturated heterocycles. The molecule has 0 aliphatic carbocycles. The van der Waals surface area contributed by atoms with Crippen molar-refractivity contribution in [3.8, 4) is 23.8 Å². The fourth-order valence-electron chi connectivity index (χ4n) is 3.15. The molecule has 0 bridgehead atoms. The number of hydrogen-bond acceptors (Lipinski definition) is 5. The smallest absolute Gasteiger partial charge is 0.270 e. The number of hydrogen-bond donors (Lipinski definition) is 1. The van der Waals surface area contributed by atoms with Gasteiger partial charge < -0.3 is 9.47 Å². The van der Waals surface area contributed by atoms with Crippen molar-refractivity contribution >= 4 is 40.9 Å². The van der Waals surface area contributed by atoms with Crippen LogP contribution in [0, 0.1) is 18.2 Å². The number of thiocarbonyl (C=S) groups is 1. The third kappa shape index (κ3) is 4.68. The highest BCUT2D eigenvalue weighted by Gasteiger charge is 2.34. The first-order valence-corrected chi connectivity index (χ1v) is 9.85. The molecule has 2 aromatic rings. The molecule has 1 N–H and O–H groups in total. The van der Waals surface area contributed by atoms with Crippen molar-refractivity contribution in [1.29, 1.82) is 0 Å². The lowest BCUT2D eigenvalue weighted by Crippen LogP contribution is -2.54. The first kappa shape index (κ1) is 22.7. The Morgan fingerprint density at radius 1 is 1.28 bits per heavy atom. The van der Waals surface area contributed by atoms with E-state index >= 15 is 0 Å². The van der Waals surface area contributed by atoms with Gasteiger partial charge in [-0.2, -0.15) is 0 Å². The van der Waals surface area contributed by atoms with Crippen LogP contribution in [0.4, 0.5) is 10.1 Å². The van der Waals surface area contributed by atoms with Crippen LogP contribution in [0.2, 0.25) is 0 Å². The fraction of sp³-hybridized carbons (Fsp3) is 0.125. The number of nitrogens with zero attached hydrogens (tertiary/aromatic N) is 1. The van der Waals surface area contributed by atoms with E-state index in [1.165, 1.54) is 37.5 Å². The van der Waals surface area contributed by atoms with Crippen molar-refractivity contribution in [2.24, 2.45) is 0 Å². The summed E-state index contributed by atoms with van der Waals surface area (Å²) in [5.41, 5.74) is 1.43. The van der Waals surface area contributed by atoms with Crippen molar-refractivity contribution in [3.05, 3.63) is 71.6 Å². The molecule has 1 aliphatic heterocycles. The molecular weight excluding hydrogens is 431 g/mol. The monoisotopic (exact) mass is 450 g/mol. The minimum Gasteiger partial charge on any atom is -0.493 e. The van der Waals surface area contributed by atoms with Crippen LogP contribution < -0.4 is 19.7 Å². The van der Waals surface area contributed by atoms with E-state index < -0.39 is 17.6 Å². The Hall–Kier alpha value is -3.96. The van der Waals surface area contributed by atoms with Gasteiger partial charge in [-0.3, -0.25) is 19.8 Å². The molecule has 32 heavy (non-hydrogen) atoms. The Morgan fingerprint density at radius 3 is 2.62 bits per heavy atom. The van der Waals surface area contributed by atoms with Crippen molar-refractivity contribution in [2.75, 3.05) is 18.6 Å². The minimum atomic E-state index is -0.643. The topological polar surface area (TPSA) is 67.9 Å². The largest absolute Gasteiger partial charge is 0.493 e. The van der Waals surface area contributed by atoms with Crippen LogP contribution in [-0.2, 0) is 16.0 Å². The van der Waals surface area contributed by atoms with Gasteiger partial charge in [0.1, 0.15) is 18.0 Å². The number of benzene rings is 2. The summed E-state index contributed by atoms with van der Waals surface area (Å²) in [6.45, 7) is 3.79. The lowest BCUT2D eigenvalue weighted by Gasteiger charge is -2.29. The minimum absolute atomic E-state index is 0.0475. The average molecular weight is 450 g/mol. The molecule has 1 heterocycles. The first-order chi connectivity index (χ1) is 15.4. The molecule has 0 spiro atoms. The Balaban J connectivity index is 2.06. The summed E-state index contributed by atoms with van der Waals surface area (Å²) in [5.74, 6) is 1.51. The molecule has 2 amide bonds. The predicted octanol–water partition coefficient (Wildman–Crippen LogP) is 3.41. The van der Waals surface area contributed by atoms with Crippen LogP contribution in [0.1, 0.15) is 11.1 Å². The highest BCUT2D eigenvalue weighted by molar-refractivity contribution is 7.80. The highest BCUT2D eigenvalue weighted by atomic mass is 32.1. The van der Waals surface area contributed by atoms with Crippen molar-refractivity contribution in [2.45, 2.75) is 6.42 Å². The summed E-state index contributed by atoms with van der Waals surface area (Å²) in [6.07, 6.45) is 8.85. The molecule has 0 saturated carbocycles. The number of carbonyl (C=O) groups excluding carboxylic acids is 2. The van der Waals surface area contributed by atoms with E-state index in [0.717, 1.165) is 10.5 Å². The fourth-order valence-corrected chi connectivity index (χ4v) is 3.43. The Kier molecular flexibility index (Phi) is 7.03. The summed E-state index contributed by atoms with van der Waals surface area (Å²) < 4.78 is 24.3. The van der Waals surface area contributed by atoms with E-state index in [0.29, 0.717) is 29.2 Å². The molecule has 0 unspecified atom stereocenters. The SMILES string of the molecule is C#CCOc1c(CC=C)cc(/C=C2\C(=O)NC(=S)N(c3ccc(F)cc3)C2=O)cc1OC. The number of allylic oxidation sites excluding steroid dienone is 1. The van der Waals surface area contributed by atoms with E-state index in [2.05, 4.69) is 17.8 Å². The molecular formula is C24H19FN2O4S. The molecule has 2 aromatic carbocycles. The lowest BCUT2D eigenvalue weighted by molar-refractivity contribution is -0.122. The Labute approximate surface area is 190 Å². The third-order valence-corrected chi connectivity index (χ3v) is 4.82. The van der Waals surface area contributed by atoms with Gasteiger partial charge in [0, 0.05) is 5.56 Å². The normalized spacial score (nSPS) is 14.7. The van der Waals surface area contributed by atoms with Gasteiger partial charge in [0.2, 0.25) is 0 Å². The quantitative estimate of drug-likeness (QED) is 0.230. The predicted molar refractivity (Wildman–Crippen MR) is 124 cm³/mol. The van der Waals surface area contributed by atoms with Gasteiger partial charge in [0.15, 0.2) is 16.6 Å². The van der Waals surface area contributed by atoms with Crippen molar-refractivity contribution < 1.29 is 23.5 Å². The number of nitrogens with one attached hydrogen (secondary N) is 1. The zero-order valence-corrected chi connectivity index (χ0v) is 18.0. The summed E-state index contributed by atoms with van der Waals surface area (Å²) in [7, 11) is 1.47. The second kappa shape index (κ2) is 9.90.